The molecule has 0 atom stereocenters. The number of rotatable bonds is 5. The van der Waals surface area contributed by atoms with Crippen molar-refractivity contribution in [2.24, 2.45) is 0 Å². The molecule has 2 aromatic heterocycles. The first-order chi connectivity index (χ1) is 15.2. The van der Waals surface area contributed by atoms with Crippen LogP contribution in [0.15, 0.2) is 94.4 Å². The molecule has 0 aliphatic rings. The Morgan fingerprint density at radius 2 is 1.77 bits per heavy atom. The van der Waals surface area contributed by atoms with Gasteiger partial charge >= 0.3 is 5.91 Å². The highest BCUT2D eigenvalue weighted by molar-refractivity contribution is 5.97. The molecule has 1 N–H and O–H groups in total. The average Bonchev–Trinajstić information content (AvgIpc) is 3.29. The van der Waals surface area contributed by atoms with E-state index in [1.54, 1.807) is 30.3 Å². The van der Waals surface area contributed by atoms with E-state index in [0.717, 1.165) is 15.4 Å². The lowest BCUT2D eigenvalue weighted by Gasteiger charge is -2.07. The number of amides is 1. The van der Waals surface area contributed by atoms with E-state index in [1.807, 2.05) is 42.5 Å². The van der Waals surface area contributed by atoms with Crippen LogP contribution < -0.4 is 15.7 Å². The minimum Gasteiger partial charge on any atom is -0.486 e. The number of para-hydroxylation sites is 1. The molecule has 0 radical (unpaired) electrons. The maximum atomic E-state index is 12.5. The van der Waals surface area contributed by atoms with Crippen molar-refractivity contribution in [3.8, 4) is 5.75 Å². The van der Waals surface area contributed by atoms with E-state index < -0.39 is 5.91 Å². The molecule has 7 heteroatoms. The lowest BCUT2D eigenvalue weighted by molar-refractivity contribution is 0.0976. The minimum atomic E-state index is -0.559. The molecule has 0 spiro atoms. The van der Waals surface area contributed by atoms with Gasteiger partial charge in [-0.25, -0.2) is 9.66 Å². The Bertz CT molecular complexity index is 1470. The number of furan rings is 1. The molecule has 7 nitrogen and oxygen atoms in total. The molecule has 0 unspecified atom stereocenters. The van der Waals surface area contributed by atoms with Crippen LogP contribution >= 0.6 is 0 Å². The monoisotopic (exact) mass is 411 g/mol. The number of benzene rings is 3. The SMILES string of the molecule is O=C(Nn1cnc2ccccc2c1=O)c1ccc(COc2ccc3ccccc3c2)o1. The van der Waals surface area contributed by atoms with Gasteiger partial charge in [0.2, 0.25) is 0 Å². The van der Waals surface area contributed by atoms with E-state index in [1.165, 1.54) is 12.4 Å². The number of carbonyl (C=O) groups excluding carboxylic acids is 1. The Labute approximate surface area is 176 Å². The molecular formula is C24H17N3O4. The van der Waals surface area contributed by atoms with Crippen molar-refractivity contribution in [1.29, 1.82) is 0 Å². The van der Waals surface area contributed by atoms with Gasteiger partial charge in [0.15, 0.2) is 5.76 Å². The zero-order valence-electron chi connectivity index (χ0n) is 16.3. The Balaban J connectivity index is 1.28. The normalized spacial score (nSPS) is 11.0. The number of nitrogens with zero attached hydrogens (tertiary/aromatic N) is 2. The standard InChI is InChI=1S/C24H17N3O4/c28-23(26-27-15-25-21-8-4-3-7-20(21)24(27)29)22-12-11-19(31-22)14-30-18-10-9-16-5-1-2-6-17(16)13-18/h1-13,15H,14H2,(H,26,28). The van der Waals surface area contributed by atoms with E-state index in [9.17, 15) is 9.59 Å². The second kappa shape index (κ2) is 7.79. The van der Waals surface area contributed by atoms with Crippen LogP contribution in [0.1, 0.15) is 16.3 Å². The molecule has 5 rings (SSSR count). The highest BCUT2D eigenvalue weighted by Crippen LogP contribution is 2.21. The lowest BCUT2D eigenvalue weighted by Crippen LogP contribution is -2.33. The van der Waals surface area contributed by atoms with Crippen molar-refractivity contribution in [1.82, 2.24) is 9.66 Å². The van der Waals surface area contributed by atoms with Gasteiger partial charge in [0.1, 0.15) is 24.4 Å². The first kappa shape index (κ1) is 18.6. The maximum Gasteiger partial charge on any atom is 0.305 e. The number of nitrogens with one attached hydrogen (secondary N) is 1. The highest BCUT2D eigenvalue weighted by atomic mass is 16.5. The van der Waals surface area contributed by atoms with Crippen LogP contribution in [-0.4, -0.2) is 15.6 Å². The molecule has 0 aliphatic heterocycles. The summed E-state index contributed by atoms with van der Waals surface area (Å²) >= 11 is 0. The molecule has 0 aliphatic carbocycles. The van der Waals surface area contributed by atoms with Crippen LogP contribution in [0.3, 0.4) is 0 Å². The van der Waals surface area contributed by atoms with Crippen LogP contribution in [0.4, 0.5) is 0 Å². The summed E-state index contributed by atoms with van der Waals surface area (Å²) in [6.45, 7) is 0.170. The fourth-order valence-electron chi connectivity index (χ4n) is 3.30. The third-order valence-electron chi connectivity index (χ3n) is 4.88. The largest absolute Gasteiger partial charge is 0.486 e. The van der Waals surface area contributed by atoms with Gasteiger partial charge in [-0.2, -0.15) is 0 Å². The fraction of sp³-hybridized carbons (Fsp3) is 0.0417. The van der Waals surface area contributed by atoms with Gasteiger partial charge in [-0.3, -0.25) is 15.0 Å². The predicted molar refractivity (Wildman–Crippen MR) is 117 cm³/mol. The molecule has 0 saturated heterocycles. The highest BCUT2D eigenvalue weighted by Gasteiger charge is 2.14. The maximum absolute atomic E-state index is 12.5. The van der Waals surface area contributed by atoms with Crippen molar-refractivity contribution >= 4 is 27.6 Å². The van der Waals surface area contributed by atoms with Crippen LogP contribution in [0, 0.1) is 0 Å². The summed E-state index contributed by atoms with van der Waals surface area (Å²) in [4.78, 5) is 29.2. The van der Waals surface area contributed by atoms with Gasteiger partial charge in [-0.05, 0) is 47.2 Å². The number of ether oxygens (including phenoxy) is 1. The van der Waals surface area contributed by atoms with Gasteiger partial charge < -0.3 is 9.15 Å². The number of aromatic nitrogens is 2. The van der Waals surface area contributed by atoms with Gasteiger partial charge in [-0.15, -0.1) is 0 Å². The lowest BCUT2D eigenvalue weighted by atomic mass is 10.1. The minimum absolute atomic E-state index is 0.0668. The van der Waals surface area contributed by atoms with Crippen molar-refractivity contribution in [2.45, 2.75) is 6.61 Å². The molecule has 0 fully saturated rings. The summed E-state index contributed by atoms with van der Waals surface area (Å²) in [7, 11) is 0. The summed E-state index contributed by atoms with van der Waals surface area (Å²) in [5.74, 6) is 0.700. The van der Waals surface area contributed by atoms with Gasteiger partial charge in [0, 0.05) is 0 Å². The average molecular weight is 411 g/mol. The molecule has 3 aromatic carbocycles. The number of carbonyl (C=O) groups is 1. The molecule has 5 aromatic rings. The van der Waals surface area contributed by atoms with Crippen molar-refractivity contribution in [3.63, 3.8) is 0 Å². The van der Waals surface area contributed by atoms with Gasteiger partial charge in [0.05, 0.1) is 10.9 Å². The van der Waals surface area contributed by atoms with Crippen LogP contribution in [0.5, 0.6) is 5.75 Å². The molecule has 152 valence electrons. The van der Waals surface area contributed by atoms with E-state index in [0.29, 0.717) is 22.4 Å². The number of hydrogen-bond donors (Lipinski definition) is 1. The Kier molecular flexibility index (Phi) is 4.68. The molecule has 1 amide bonds. The van der Waals surface area contributed by atoms with Gasteiger partial charge in [0.25, 0.3) is 5.56 Å². The number of hydrogen-bond acceptors (Lipinski definition) is 5. The predicted octanol–water partition coefficient (Wildman–Crippen LogP) is 4.11. The van der Waals surface area contributed by atoms with E-state index in [-0.39, 0.29) is 17.9 Å². The fourth-order valence-corrected chi connectivity index (χ4v) is 3.30. The van der Waals surface area contributed by atoms with Crippen molar-refractivity contribution in [3.05, 3.63) is 107 Å². The van der Waals surface area contributed by atoms with E-state index in [2.05, 4.69) is 10.4 Å². The molecular weight excluding hydrogens is 394 g/mol. The third kappa shape index (κ3) is 3.76. The quantitative estimate of drug-likeness (QED) is 0.470. The van der Waals surface area contributed by atoms with Crippen LogP contribution in [0.2, 0.25) is 0 Å². The smallest absolute Gasteiger partial charge is 0.305 e. The first-order valence-electron chi connectivity index (χ1n) is 9.65. The summed E-state index contributed by atoms with van der Waals surface area (Å²) in [5, 5.41) is 2.62. The Morgan fingerprint density at radius 3 is 2.68 bits per heavy atom. The molecule has 31 heavy (non-hydrogen) atoms. The van der Waals surface area contributed by atoms with E-state index >= 15 is 0 Å². The second-order valence-electron chi connectivity index (χ2n) is 6.94. The Morgan fingerprint density at radius 1 is 0.968 bits per heavy atom. The molecule has 2 heterocycles. The zero-order chi connectivity index (χ0) is 21.2. The first-order valence-corrected chi connectivity index (χ1v) is 9.65. The summed E-state index contributed by atoms with van der Waals surface area (Å²) in [6.07, 6.45) is 1.27. The summed E-state index contributed by atoms with van der Waals surface area (Å²) in [6, 6.07) is 24.0. The third-order valence-corrected chi connectivity index (χ3v) is 4.88. The van der Waals surface area contributed by atoms with E-state index in [4.69, 9.17) is 9.15 Å². The molecule has 0 bridgehead atoms. The van der Waals surface area contributed by atoms with Crippen molar-refractivity contribution < 1.29 is 13.9 Å². The van der Waals surface area contributed by atoms with Crippen LogP contribution in [0.25, 0.3) is 21.7 Å². The van der Waals surface area contributed by atoms with Crippen LogP contribution in [-0.2, 0) is 6.61 Å². The second-order valence-corrected chi connectivity index (χ2v) is 6.94. The summed E-state index contributed by atoms with van der Waals surface area (Å²) < 4.78 is 12.4. The number of fused-ring (bicyclic) bond motifs is 2. The summed E-state index contributed by atoms with van der Waals surface area (Å²) in [5.41, 5.74) is 2.68. The topological polar surface area (TPSA) is 86.4 Å². The van der Waals surface area contributed by atoms with Crippen molar-refractivity contribution in [2.75, 3.05) is 5.43 Å². The Hall–Kier alpha value is -4.39. The van der Waals surface area contributed by atoms with Gasteiger partial charge in [-0.1, -0.05) is 42.5 Å². The molecule has 0 saturated carbocycles. The zero-order valence-corrected chi connectivity index (χ0v) is 16.3.